The predicted octanol–water partition coefficient (Wildman–Crippen LogP) is 3.47. The summed E-state index contributed by atoms with van der Waals surface area (Å²) in [5, 5.41) is 4.00. The Morgan fingerprint density at radius 1 is 1.21 bits per heavy atom. The Labute approximate surface area is 171 Å². The van der Waals surface area contributed by atoms with Gasteiger partial charge in [-0.2, -0.15) is 5.10 Å². The highest BCUT2D eigenvalue weighted by atomic mass is 79.9. The predicted molar refractivity (Wildman–Crippen MR) is 109 cm³/mol. The number of nitrogens with zero attached hydrogens (tertiary/aromatic N) is 1. The summed E-state index contributed by atoms with van der Waals surface area (Å²) in [6.07, 6.45) is 1.49. The minimum atomic E-state index is -0.501. The highest BCUT2D eigenvalue weighted by Gasteiger charge is 2.14. The quantitative estimate of drug-likeness (QED) is 0.379. The second-order valence-corrected chi connectivity index (χ2v) is 6.50. The van der Waals surface area contributed by atoms with E-state index in [1.807, 2.05) is 26.0 Å². The van der Waals surface area contributed by atoms with Crippen LogP contribution in [0.25, 0.3) is 0 Å². The number of hydrogen-bond donors (Lipinski definition) is 1. The molecule has 1 amide bonds. The number of benzene rings is 2. The van der Waals surface area contributed by atoms with Crippen molar-refractivity contribution in [3.8, 4) is 11.5 Å². The molecule has 7 nitrogen and oxygen atoms in total. The first-order valence-corrected chi connectivity index (χ1v) is 9.30. The van der Waals surface area contributed by atoms with Gasteiger partial charge in [0, 0.05) is 5.56 Å². The first-order valence-electron chi connectivity index (χ1n) is 8.51. The fourth-order valence-corrected chi connectivity index (χ4v) is 2.88. The number of halogens is 1. The van der Waals surface area contributed by atoms with E-state index in [1.165, 1.54) is 13.3 Å². The number of ether oxygens (including phenoxy) is 3. The van der Waals surface area contributed by atoms with E-state index in [9.17, 15) is 9.59 Å². The van der Waals surface area contributed by atoms with Gasteiger partial charge >= 0.3 is 5.97 Å². The lowest BCUT2D eigenvalue weighted by atomic mass is 10.1. The lowest BCUT2D eigenvalue weighted by Gasteiger charge is -2.13. The van der Waals surface area contributed by atoms with E-state index in [2.05, 4.69) is 31.2 Å². The number of carbonyl (C=O) groups is 2. The Morgan fingerprint density at radius 3 is 2.64 bits per heavy atom. The molecule has 28 heavy (non-hydrogen) atoms. The molecule has 0 spiro atoms. The molecule has 0 atom stereocenters. The van der Waals surface area contributed by atoms with Gasteiger partial charge in [-0.25, -0.2) is 10.2 Å². The standard InChI is InChI=1S/C20H21BrN2O5/c1-4-27-17-10-14(9-16(21)19(17)28-12-18(24)26-3)11-22-23-20(25)15-8-6-5-7-13(15)2/h5-11H,4,12H2,1-3H3,(H,23,25)/b22-11+. The Bertz CT molecular complexity index is 883. The number of amides is 1. The third-order valence-electron chi connectivity index (χ3n) is 3.66. The first-order chi connectivity index (χ1) is 13.5. The van der Waals surface area contributed by atoms with Crippen molar-refractivity contribution in [2.24, 2.45) is 5.10 Å². The van der Waals surface area contributed by atoms with Gasteiger partial charge in [0.05, 0.1) is 24.4 Å². The summed E-state index contributed by atoms with van der Waals surface area (Å²) in [5.41, 5.74) is 4.60. The molecule has 0 saturated heterocycles. The molecule has 0 aliphatic carbocycles. The zero-order valence-electron chi connectivity index (χ0n) is 15.8. The highest BCUT2D eigenvalue weighted by Crippen LogP contribution is 2.36. The zero-order chi connectivity index (χ0) is 20.5. The molecule has 8 heteroatoms. The van der Waals surface area contributed by atoms with Crippen LogP contribution < -0.4 is 14.9 Å². The first kappa shape index (κ1) is 21.4. The fourth-order valence-electron chi connectivity index (χ4n) is 2.31. The van der Waals surface area contributed by atoms with E-state index >= 15 is 0 Å². The molecule has 0 bridgehead atoms. The molecule has 0 aromatic heterocycles. The van der Waals surface area contributed by atoms with Gasteiger partial charge in [0.15, 0.2) is 18.1 Å². The van der Waals surface area contributed by atoms with E-state index in [-0.39, 0.29) is 12.5 Å². The van der Waals surface area contributed by atoms with Crippen molar-refractivity contribution in [1.82, 2.24) is 5.43 Å². The van der Waals surface area contributed by atoms with E-state index in [4.69, 9.17) is 9.47 Å². The monoisotopic (exact) mass is 448 g/mol. The Balaban J connectivity index is 2.14. The van der Waals surface area contributed by atoms with Crippen LogP contribution in [0, 0.1) is 6.92 Å². The van der Waals surface area contributed by atoms with Crippen LogP contribution in [0.2, 0.25) is 0 Å². The summed E-state index contributed by atoms with van der Waals surface area (Å²) < 4.78 is 16.2. The number of hydrazone groups is 1. The average Bonchev–Trinajstić information content (AvgIpc) is 2.67. The molecule has 0 aliphatic rings. The molecule has 0 saturated carbocycles. The summed E-state index contributed by atoms with van der Waals surface area (Å²) in [4.78, 5) is 23.5. The Morgan fingerprint density at radius 2 is 1.96 bits per heavy atom. The number of methoxy groups -OCH3 is 1. The SMILES string of the molecule is CCOc1cc(/C=N/NC(=O)c2ccccc2C)cc(Br)c1OCC(=O)OC. The number of esters is 1. The molecule has 1 N–H and O–H groups in total. The normalized spacial score (nSPS) is 10.6. The van der Waals surface area contributed by atoms with Crippen LogP contribution in [0.3, 0.4) is 0 Å². The van der Waals surface area contributed by atoms with Crippen LogP contribution in [0.1, 0.15) is 28.4 Å². The van der Waals surface area contributed by atoms with Crippen molar-refractivity contribution in [1.29, 1.82) is 0 Å². The summed E-state index contributed by atoms with van der Waals surface area (Å²) in [5.74, 6) is 0.0242. The number of aryl methyl sites for hydroxylation is 1. The van der Waals surface area contributed by atoms with Gasteiger partial charge in [-0.1, -0.05) is 18.2 Å². The smallest absolute Gasteiger partial charge is 0.343 e. The topological polar surface area (TPSA) is 86.2 Å². The van der Waals surface area contributed by atoms with Crippen LogP contribution in [0.15, 0.2) is 46.0 Å². The molecule has 0 radical (unpaired) electrons. The molecule has 2 aromatic rings. The minimum Gasteiger partial charge on any atom is -0.490 e. The molecule has 0 aliphatic heterocycles. The third-order valence-corrected chi connectivity index (χ3v) is 4.25. The zero-order valence-corrected chi connectivity index (χ0v) is 17.4. The van der Waals surface area contributed by atoms with E-state index in [0.717, 1.165) is 5.56 Å². The van der Waals surface area contributed by atoms with Gasteiger partial charge in [0.2, 0.25) is 0 Å². The number of nitrogens with one attached hydrogen (secondary N) is 1. The second kappa shape index (κ2) is 10.5. The molecule has 0 unspecified atom stereocenters. The van der Waals surface area contributed by atoms with Crippen LogP contribution >= 0.6 is 15.9 Å². The van der Waals surface area contributed by atoms with Gasteiger partial charge in [-0.3, -0.25) is 4.79 Å². The lowest BCUT2D eigenvalue weighted by molar-refractivity contribution is -0.142. The largest absolute Gasteiger partial charge is 0.490 e. The van der Waals surface area contributed by atoms with Gasteiger partial charge in [0.1, 0.15) is 0 Å². The number of hydrogen-bond acceptors (Lipinski definition) is 6. The van der Waals surface area contributed by atoms with E-state index < -0.39 is 5.97 Å². The fraction of sp³-hybridized carbons (Fsp3) is 0.250. The van der Waals surface area contributed by atoms with Crippen LogP contribution in [-0.2, 0) is 9.53 Å². The van der Waals surface area contributed by atoms with Crippen molar-refractivity contribution in [2.75, 3.05) is 20.3 Å². The van der Waals surface area contributed by atoms with Gasteiger partial charge in [-0.15, -0.1) is 0 Å². The van der Waals surface area contributed by atoms with Crippen molar-refractivity contribution < 1.29 is 23.8 Å². The average molecular weight is 449 g/mol. The molecule has 0 heterocycles. The van der Waals surface area contributed by atoms with Gasteiger partial charge in [0.25, 0.3) is 5.91 Å². The lowest BCUT2D eigenvalue weighted by Crippen LogP contribution is -2.18. The van der Waals surface area contributed by atoms with E-state index in [1.54, 1.807) is 24.3 Å². The number of rotatable bonds is 8. The van der Waals surface area contributed by atoms with Gasteiger partial charge in [-0.05, 0) is 59.1 Å². The van der Waals surface area contributed by atoms with Crippen molar-refractivity contribution in [2.45, 2.75) is 13.8 Å². The number of carbonyl (C=O) groups excluding carboxylic acids is 2. The van der Waals surface area contributed by atoms with E-state index in [0.29, 0.717) is 33.7 Å². The summed E-state index contributed by atoms with van der Waals surface area (Å²) in [7, 11) is 1.29. The molecule has 148 valence electrons. The maximum Gasteiger partial charge on any atom is 0.343 e. The second-order valence-electron chi connectivity index (χ2n) is 5.64. The third kappa shape index (κ3) is 5.82. The molecular weight excluding hydrogens is 428 g/mol. The Kier molecular flexibility index (Phi) is 8.01. The van der Waals surface area contributed by atoms with Crippen LogP contribution in [-0.4, -0.2) is 38.4 Å². The summed E-state index contributed by atoms with van der Waals surface area (Å²) in [6, 6.07) is 10.7. The molecule has 2 aromatic carbocycles. The van der Waals surface area contributed by atoms with Crippen molar-refractivity contribution in [3.63, 3.8) is 0 Å². The maximum atomic E-state index is 12.2. The molecule has 0 fully saturated rings. The van der Waals surface area contributed by atoms with Crippen LogP contribution in [0.5, 0.6) is 11.5 Å². The Hall–Kier alpha value is -2.87. The van der Waals surface area contributed by atoms with Gasteiger partial charge < -0.3 is 14.2 Å². The maximum absolute atomic E-state index is 12.2. The summed E-state index contributed by atoms with van der Waals surface area (Å²) in [6.45, 7) is 3.86. The molecule has 2 rings (SSSR count). The van der Waals surface area contributed by atoms with Crippen molar-refractivity contribution >= 4 is 34.0 Å². The highest BCUT2D eigenvalue weighted by molar-refractivity contribution is 9.10. The van der Waals surface area contributed by atoms with Crippen molar-refractivity contribution in [3.05, 3.63) is 57.6 Å². The minimum absolute atomic E-state index is 0.241. The summed E-state index contributed by atoms with van der Waals surface area (Å²) >= 11 is 3.40. The molecular formula is C20H21BrN2O5. The van der Waals surface area contributed by atoms with Crippen LogP contribution in [0.4, 0.5) is 0 Å².